The van der Waals surface area contributed by atoms with E-state index in [2.05, 4.69) is 26.9 Å². The van der Waals surface area contributed by atoms with Gasteiger partial charge in [-0.25, -0.2) is 4.79 Å². The smallest absolute Gasteiger partial charge is 0.411 e. The zero-order valence-electron chi connectivity index (χ0n) is 20.8. The summed E-state index contributed by atoms with van der Waals surface area (Å²) in [7, 11) is 1.31. The second-order valence-electron chi connectivity index (χ2n) is 8.69. The highest BCUT2D eigenvalue weighted by molar-refractivity contribution is 6.05. The topological polar surface area (TPSA) is 102 Å². The number of hydrogen-bond acceptors (Lipinski definition) is 5. The van der Waals surface area contributed by atoms with Gasteiger partial charge in [0.2, 0.25) is 5.91 Å². The highest BCUT2D eigenvalue weighted by Gasteiger charge is 2.13. The molecule has 5 aromatic rings. The fourth-order valence-corrected chi connectivity index (χ4v) is 4.33. The SMILES string of the molecule is C=CC(=O)Nc1cc(-n2c(=O)ccc3cnc4ccc(-c5ccc(NC(=O)OC)cc5)cc4c32)ccc1C. The standard InChI is InChI=1S/C30H24N4O4/c1-4-27(35)33-26-16-23(12-5-18(26)2)34-28(36)14-9-21-17-31-25-13-8-20(15-24(25)29(21)34)19-6-10-22(11-7-19)32-30(37)38-3/h4-17H,1H2,2-3H3,(H,32,37)(H,33,35). The molecule has 0 atom stereocenters. The molecular weight excluding hydrogens is 480 g/mol. The maximum absolute atomic E-state index is 13.3. The summed E-state index contributed by atoms with van der Waals surface area (Å²) in [5.74, 6) is -0.331. The lowest BCUT2D eigenvalue weighted by Gasteiger charge is -2.15. The molecule has 38 heavy (non-hydrogen) atoms. The molecule has 2 heterocycles. The molecule has 0 fully saturated rings. The summed E-state index contributed by atoms with van der Waals surface area (Å²) in [4.78, 5) is 41.3. The third-order valence-corrected chi connectivity index (χ3v) is 6.29. The normalized spacial score (nSPS) is 10.8. The average Bonchev–Trinajstić information content (AvgIpc) is 2.94. The monoisotopic (exact) mass is 504 g/mol. The van der Waals surface area contributed by atoms with E-state index in [4.69, 9.17) is 0 Å². The minimum absolute atomic E-state index is 0.210. The predicted molar refractivity (Wildman–Crippen MR) is 150 cm³/mol. The number of fused-ring (bicyclic) bond motifs is 3. The third-order valence-electron chi connectivity index (χ3n) is 6.29. The van der Waals surface area contributed by atoms with E-state index in [-0.39, 0.29) is 11.5 Å². The van der Waals surface area contributed by atoms with Crippen molar-refractivity contribution in [1.82, 2.24) is 9.55 Å². The van der Waals surface area contributed by atoms with E-state index < -0.39 is 6.09 Å². The van der Waals surface area contributed by atoms with Crippen LogP contribution in [-0.2, 0) is 9.53 Å². The van der Waals surface area contributed by atoms with Crippen LogP contribution < -0.4 is 16.2 Å². The van der Waals surface area contributed by atoms with Crippen LogP contribution in [-0.4, -0.2) is 28.7 Å². The van der Waals surface area contributed by atoms with Gasteiger partial charge in [0.15, 0.2) is 0 Å². The lowest BCUT2D eigenvalue weighted by molar-refractivity contribution is -0.111. The molecule has 0 aliphatic carbocycles. The maximum atomic E-state index is 13.3. The highest BCUT2D eigenvalue weighted by Crippen LogP contribution is 2.31. The van der Waals surface area contributed by atoms with Crippen LogP contribution >= 0.6 is 0 Å². The van der Waals surface area contributed by atoms with Crippen LogP contribution in [0.25, 0.3) is 38.6 Å². The molecule has 188 valence electrons. The first kappa shape index (κ1) is 24.5. The molecule has 3 aromatic carbocycles. The Morgan fingerprint density at radius 2 is 1.71 bits per heavy atom. The van der Waals surface area contributed by atoms with Gasteiger partial charge < -0.3 is 10.1 Å². The van der Waals surface area contributed by atoms with Crippen LogP contribution in [0.1, 0.15) is 5.56 Å². The van der Waals surface area contributed by atoms with Gasteiger partial charge in [-0.05, 0) is 72.2 Å². The van der Waals surface area contributed by atoms with Gasteiger partial charge in [-0.1, -0.05) is 30.8 Å². The summed E-state index contributed by atoms with van der Waals surface area (Å²) in [6, 6.07) is 22.0. The molecule has 2 aromatic heterocycles. The second-order valence-corrected chi connectivity index (χ2v) is 8.69. The average molecular weight is 505 g/mol. The quantitative estimate of drug-likeness (QED) is 0.232. The number of aryl methyl sites for hydroxylation is 1. The van der Waals surface area contributed by atoms with Crippen molar-refractivity contribution >= 4 is 45.2 Å². The van der Waals surface area contributed by atoms with E-state index in [9.17, 15) is 14.4 Å². The number of rotatable bonds is 5. The summed E-state index contributed by atoms with van der Waals surface area (Å²) >= 11 is 0. The van der Waals surface area contributed by atoms with Gasteiger partial charge in [0.25, 0.3) is 5.56 Å². The van der Waals surface area contributed by atoms with Crippen LogP contribution in [0.4, 0.5) is 16.2 Å². The number of methoxy groups -OCH3 is 1. The molecule has 0 saturated carbocycles. The van der Waals surface area contributed by atoms with Crippen molar-refractivity contribution in [2.75, 3.05) is 17.7 Å². The molecule has 2 amide bonds. The van der Waals surface area contributed by atoms with Gasteiger partial charge in [0, 0.05) is 34.4 Å². The van der Waals surface area contributed by atoms with Gasteiger partial charge in [0.1, 0.15) is 0 Å². The van der Waals surface area contributed by atoms with Crippen LogP contribution in [0.2, 0.25) is 0 Å². The van der Waals surface area contributed by atoms with Crippen LogP contribution in [0.5, 0.6) is 0 Å². The highest BCUT2D eigenvalue weighted by atomic mass is 16.5. The van der Waals surface area contributed by atoms with E-state index in [1.54, 1.807) is 35.0 Å². The minimum Gasteiger partial charge on any atom is -0.453 e. The molecule has 0 aliphatic rings. The molecular formula is C30H24N4O4. The van der Waals surface area contributed by atoms with Gasteiger partial charge in [-0.15, -0.1) is 0 Å². The number of carbonyl (C=O) groups excluding carboxylic acids is 2. The Hall–Kier alpha value is -5.24. The first-order valence-electron chi connectivity index (χ1n) is 11.8. The van der Waals surface area contributed by atoms with Gasteiger partial charge >= 0.3 is 6.09 Å². The fourth-order valence-electron chi connectivity index (χ4n) is 4.33. The Bertz CT molecular complexity index is 1790. The van der Waals surface area contributed by atoms with Gasteiger partial charge in [-0.3, -0.25) is 24.5 Å². The lowest BCUT2D eigenvalue weighted by atomic mass is 10.0. The summed E-state index contributed by atoms with van der Waals surface area (Å²) in [5.41, 5.74) is 5.75. The summed E-state index contributed by atoms with van der Waals surface area (Å²) in [5, 5.41) is 7.04. The van der Waals surface area contributed by atoms with Crippen molar-refractivity contribution in [3.63, 3.8) is 0 Å². The zero-order chi connectivity index (χ0) is 26.8. The molecule has 0 unspecified atom stereocenters. The lowest BCUT2D eigenvalue weighted by Crippen LogP contribution is -2.18. The number of nitrogens with zero attached hydrogens (tertiary/aromatic N) is 2. The molecule has 8 heteroatoms. The Balaban J connectivity index is 1.68. The van der Waals surface area contributed by atoms with Crippen LogP contribution in [0.15, 0.2) is 96.4 Å². The number of anilines is 2. The summed E-state index contributed by atoms with van der Waals surface area (Å²) in [6.45, 7) is 5.39. The number of carbonyl (C=O) groups is 2. The molecule has 5 rings (SSSR count). The van der Waals surface area contributed by atoms with Crippen molar-refractivity contribution in [2.24, 2.45) is 0 Å². The van der Waals surface area contributed by atoms with Crippen molar-refractivity contribution in [2.45, 2.75) is 6.92 Å². The molecule has 0 bridgehead atoms. The second kappa shape index (κ2) is 10.0. The Kier molecular flexibility index (Phi) is 6.45. The Morgan fingerprint density at radius 1 is 0.947 bits per heavy atom. The van der Waals surface area contributed by atoms with Gasteiger partial charge in [0.05, 0.1) is 23.8 Å². The maximum Gasteiger partial charge on any atom is 0.411 e. The molecule has 0 saturated heterocycles. The molecule has 2 N–H and O–H groups in total. The summed E-state index contributed by atoms with van der Waals surface area (Å²) in [6.07, 6.45) is 2.41. The summed E-state index contributed by atoms with van der Waals surface area (Å²) < 4.78 is 6.28. The Morgan fingerprint density at radius 3 is 2.45 bits per heavy atom. The first-order chi connectivity index (χ1) is 18.4. The zero-order valence-corrected chi connectivity index (χ0v) is 20.8. The van der Waals surface area contributed by atoms with E-state index in [1.807, 2.05) is 49.4 Å². The number of nitrogens with one attached hydrogen (secondary N) is 2. The molecule has 0 spiro atoms. The Labute approximate surface area is 218 Å². The number of ether oxygens (including phenoxy) is 1. The number of amides is 2. The number of benzene rings is 3. The number of hydrogen-bond donors (Lipinski definition) is 2. The van der Waals surface area contributed by atoms with Crippen molar-refractivity contribution < 1.29 is 14.3 Å². The van der Waals surface area contributed by atoms with E-state index in [1.165, 1.54) is 19.3 Å². The van der Waals surface area contributed by atoms with E-state index in [0.29, 0.717) is 22.6 Å². The predicted octanol–water partition coefficient (Wildman–Crippen LogP) is 5.82. The van der Waals surface area contributed by atoms with Crippen molar-refractivity contribution in [3.05, 3.63) is 108 Å². The largest absolute Gasteiger partial charge is 0.453 e. The van der Waals surface area contributed by atoms with Crippen molar-refractivity contribution in [3.8, 4) is 16.8 Å². The van der Waals surface area contributed by atoms with E-state index >= 15 is 0 Å². The molecule has 8 nitrogen and oxygen atoms in total. The van der Waals surface area contributed by atoms with Crippen LogP contribution in [0.3, 0.4) is 0 Å². The third kappa shape index (κ3) is 4.62. The van der Waals surface area contributed by atoms with Gasteiger partial charge in [-0.2, -0.15) is 0 Å². The van der Waals surface area contributed by atoms with Crippen molar-refractivity contribution in [1.29, 1.82) is 0 Å². The number of aromatic nitrogens is 2. The molecule has 0 aliphatic heterocycles. The fraction of sp³-hybridized carbons (Fsp3) is 0.0667. The number of pyridine rings is 2. The first-order valence-corrected chi connectivity index (χ1v) is 11.8. The van der Waals surface area contributed by atoms with Crippen LogP contribution in [0, 0.1) is 6.92 Å². The van der Waals surface area contributed by atoms with E-state index in [0.717, 1.165) is 33.0 Å². The molecule has 0 radical (unpaired) electrons. The minimum atomic E-state index is -0.540.